The van der Waals surface area contributed by atoms with Gasteiger partial charge in [-0.3, -0.25) is 0 Å². The zero-order valence-electron chi connectivity index (χ0n) is 9.62. The van der Waals surface area contributed by atoms with E-state index in [-0.39, 0.29) is 12.2 Å². The Morgan fingerprint density at radius 1 is 1.35 bits per heavy atom. The summed E-state index contributed by atoms with van der Waals surface area (Å²) in [6.45, 7) is 1.41. The lowest BCUT2D eigenvalue weighted by Gasteiger charge is -2.09. The molecule has 0 radical (unpaired) electrons. The van der Waals surface area contributed by atoms with Crippen LogP contribution in [-0.4, -0.2) is 25.1 Å². The summed E-state index contributed by atoms with van der Waals surface area (Å²) in [7, 11) is 0. The van der Waals surface area contributed by atoms with Crippen LogP contribution in [0.25, 0.3) is 0 Å². The van der Waals surface area contributed by atoms with E-state index in [4.69, 9.17) is 9.47 Å². The molecule has 0 N–H and O–H groups in total. The van der Waals surface area contributed by atoms with E-state index in [9.17, 15) is 4.79 Å². The molecule has 2 aliphatic rings. The molecule has 0 amide bonds. The maximum absolute atomic E-state index is 10.5. The fourth-order valence-electron chi connectivity index (χ4n) is 2.64. The highest BCUT2D eigenvalue weighted by molar-refractivity contribution is 5.57. The fraction of sp³-hybridized carbons (Fsp3) is 0.500. The highest BCUT2D eigenvalue weighted by Crippen LogP contribution is 2.51. The van der Waals surface area contributed by atoms with Crippen LogP contribution in [0.4, 0.5) is 0 Å². The first-order chi connectivity index (χ1) is 8.38. The highest BCUT2D eigenvalue weighted by atomic mass is 16.5. The Bertz CT molecular complexity index is 378. The summed E-state index contributed by atoms with van der Waals surface area (Å²) in [5, 5.41) is 0. The van der Waals surface area contributed by atoms with Gasteiger partial charge in [0.05, 0.1) is 19.3 Å². The lowest BCUT2D eigenvalue weighted by Crippen LogP contribution is -2.15. The van der Waals surface area contributed by atoms with Gasteiger partial charge in [0, 0.05) is 5.92 Å². The molecule has 90 valence electrons. The molecule has 4 atom stereocenters. The minimum atomic E-state index is -0.157. The van der Waals surface area contributed by atoms with Crippen LogP contribution in [-0.2, 0) is 20.9 Å². The zero-order chi connectivity index (χ0) is 11.7. The van der Waals surface area contributed by atoms with Gasteiger partial charge in [-0.25, -0.2) is 0 Å². The molecule has 3 heteroatoms. The Morgan fingerprint density at radius 2 is 2.18 bits per heavy atom. The molecule has 0 bridgehead atoms. The second-order valence-electron chi connectivity index (χ2n) is 4.84. The Balaban J connectivity index is 1.39. The summed E-state index contributed by atoms with van der Waals surface area (Å²) < 4.78 is 11.2. The summed E-state index contributed by atoms with van der Waals surface area (Å²) in [6.07, 6.45) is 1.91. The molecule has 3 nitrogen and oxygen atoms in total. The quantitative estimate of drug-likeness (QED) is 0.726. The maximum atomic E-state index is 10.5. The van der Waals surface area contributed by atoms with Gasteiger partial charge >= 0.3 is 0 Å². The van der Waals surface area contributed by atoms with Crippen LogP contribution in [0.3, 0.4) is 0 Å². The number of carbonyl (C=O) groups excluding carboxylic acids is 1. The molecule has 1 saturated carbocycles. The van der Waals surface area contributed by atoms with E-state index in [2.05, 4.69) is 12.1 Å². The summed E-state index contributed by atoms with van der Waals surface area (Å²) in [5.74, 6) is 1.07. The highest BCUT2D eigenvalue weighted by Gasteiger charge is 2.57. The van der Waals surface area contributed by atoms with E-state index in [1.807, 2.05) is 18.2 Å². The van der Waals surface area contributed by atoms with Crippen molar-refractivity contribution in [3.05, 3.63) is 35.9 Å². The van der Waals surface area contributed by atoms with Crippen LogP contribution in [0.5, 0.6) is 0 Å². The van der Waals surface area contributed by atoms with Crippen LogP contribution in [0, 0.1) is 11.8 Å². The lowest BCUT2D eigenvalue weighted by molar-refractivity contribution is -0.117. The minimum absolute atomic E-state index is 0.157. The van der Waals surface area contributed by atoms with Crippen molar-refractivity contribution in [2.24, 2.45) is 11.8 Å². The second-order valence-corrected chi connectivity index (χ2v) is 4.84. The van der Waals surface area contributed by atoms with Crippen molar-refractivity contribution in [1.82, 2.24) is 0 Å². The third kappa shape index (κ3) is 2.26. The molecule has 2 fully saturated rings. The fourth-order valence-corrected chi connectivity index (χ4v) is 2.64. The maximum Gasteiger partial charge on any atom is 0.148 e. The number of ether oxygens (including phenoxy) is 2. The van der Waals surface area contributed by atoms with E-state index in [1.54, 1.807) is 0 Å². The van der Waals surface area contributed by atoms with Gasteiger partial charge in [0.1, 0.15) is 12.4 Å². The molecule has 1 aliphatic heterocycles. The van der Waals surface area contributed by atoms with Gasteiger partial charge in [-0.2, -0.15) is 0 Å². The Labute approximate surface area is 101 Å². The van der Waals surface area contributed by atoms with Crippen LogP contribution in [0.1, 0.15) is 12.0 Å². The normalized spacial score (nSPS) is 34.4. The van der Waals surface area contributed by atoms with Crippen molar-refractivity contribution in [1.29, 1.82) is 0 Å². The Morgan fingerprint density at radius 3 is 2.82 bits per heavy atom. The van der Waals surface area contributed by atoms with Gasteiger partial charge in [0.15, 0.2) is 0 Å². The lowest BCUT2D eigenvalue weighted by atomic mass is 10.2. The van der Waals surface area contributed by atoms with Crippen LogP contribution in [0.2, 0.25) is 0 Å². The summed E-state index contributed by atoms with van der Waals surface area (Å²) in [5.41, 5.74) is 1.20. The topological polar surface area (TPSA) is 35.5 Å². The first-order valence-corrected chi connectivity index (χ1v) is 6.11. The standard InChI is InChI=1S/C14H16O3/c15-7-11-6-12-13(14(12)17-11)9-16-8-10-4-2-1-3-5-10/h1-5,7,11-14H,6,8-9H2/t11-,12+,13+,14+/m1/s1. The van der Waals surface area contributed by atoms with E-state index in [0.29, 0.717) is 18.4 Å². The molecule has 1 aromatic carbocycles. The summed E-state index contributed by atoms with van der Waals surface area (Å²) in [6, 6.07) is 10.2. The van der Waals surface area contributed by atoms with E-state index in [1.165, 1.54) is 5.56 Å². The van der Waals surface area contributed by atoms with E-state index >= 15 is 0 Å². The number of rotatable bonds is 5. The average molecular weight is 232 g/mol. The number of fused-ring (bicyclic) bond motifs is 1. The smallest absolute Gasteiger partial charge is 0.148 e. The summed E-state index contributed by atoms with van der Waals surface area (Å²) in [4.78, 5) is 10.5. The number of aldehydes is 1. The van der Waals surface area contributed by atoms with Gasteiger partial charge in [0.2, 0.25) is 0 Å². The molecule has 0 unspecified atom stereocenters. The molecule has 1 saturated heterocycles. The number of benzene rings is 1. The predicted molar refractivity (Wildman–Crippen MR) is 62.4 cm³/mol. The first-order valence-electron chi connectivity index (χ1n) is 6.11. The molecule has 0 spiro atoms. The molecule has 1 aliphatic carbocycles. The van der Waals surface area contributed by atoms with Crippen molar-refractivity contribution in [2.75, 3.05) is 6.61 Å². The minimum Gasteiger partial charge on any atom is -0.376 e. The predicted octanol–water partition coefficient (Wildman–Crippen LogP) is 1.81. The Kier molecular flexibility index (Phi) is 2.95. The summed E-state index contributed by atoms with van der Waals surface area (Å²) >= 11 is 0. The van der Waals surface area contributed by atoms with Crippen molar-refractivity contribution in [3.8, 4) is 0 Å². The van der Waals surface area contributed by atoms with E-state index in [0.717, 1.165) is 19.3 Å². The molecule has 17 heavy (non-hydrogen) atoms. The van der Waals surface area contributed by atoms with Gasteiger partial charge in [0.25, 0.3) is 0 Å². The van der Waals surface area contributed by atoms with Crippen LogP contribution in [0.15, 0.2) is 30.3 Å². The van der Waals surface area contributed by atoms with Gasteiger partial charge in [-0.05, 0) is 17.9 Å². The number of carbonyl (C=O) groups is 1. The van der Waals surface area contributed by atoms with Crippen molar-refractivity contribution in [3.63, 3.8) is 0 Å². The van der Waals surface area contributed by atoms with Gasteiger partial charge in [-0.1, -0.05) is 30.3 Å². The monoisotopic (exact) mass is 232 g/mol. The van der Waals surface area contributed by atoms with Crippen molar-refractivity contribution >= 4 is 6.29 Å². The third-order valence-electron chi connectivity index (χ3n) is 3.66. The molecule has 1 heterocycles. The third-order valence-corrected chi connectivity index (χ3v) is 3.66. The Hall–Kier alpha value is -1.19. The number of hydrogen-bond donors (Lipinski definition) is 0. The largest absolute Gasteiger partial charge is 0.376 e. The molecular formula is C14H16O3. The molecular weight excluding hydrogens is 216 g/mol. The SMILES string of the molecule is O=C[C@H]1C[C@H]2[C@H](COCc3ccccc3)[C@H]2O1. The zero-order valence-corrected chi connectivity index (χ0v) is 9.62. The van der Waals surface area contributed by atoms with Crippen molar-refractivity contribution in [2.45, 2.75) is 25.2 Å². The molecule has 0 aromatic heterocycles. The van der Waals surface area contributed by atoms with Gasteiger partial charge in [-0.15, -0.1) is 0 Å². The number of hydrogen-bond acceptors (Lipinski definition) is 3. The van der Waals surface area contributed by atoms with Crippen LogP contribution < -0.4 is 0 Å². The van der Waals surface area contributed by atoms with Gasteiger partial charge < -0.3 is 14.3 Å². The van der Waals surface area contributed by atoms with Crippen molar-refractivity contribution < 1.29 is 14.3 Å². The van der Waals surface area contributed by atoms with E-state index < -0.39 is 0 Å². The second kappa shape index (κ2) is 4.59. The average Bonchev–Trinajstić information content (AvgIpc) is 2.85. The first kappa shape index (κ1) is 10.9. The molecule has 3 rings (SSSR count). The van der Waals surface area contributed by atoms with Crippen LogP contribution >= 0.6 is 0 Å². The molecule has 1 aromatic rings.